The third-order valence-electron chi connectivity index (χ3n) is 4.53. The minimum atomic E-state index is -3.58. The monoisotopic (exact) mass is 407 g/mol. The van der Waals surface area contributed by atoms with Crippen molar-refractivity contribution in [2.24, 2.45) is 0 Å². The summed E-state index contributed by atoms with van der Waals surface area (Å²) in [6.45, 7) is 2.35. The lowest BCUT2D eigenvalue weighted by atomic mass is 10.2. The van der Waals surface area contributed by atoms with E-state index >= 15 is 0 Å². The third kappa shape index (κ3) is 4.88. The molecule has 28 heavy (non-hydrogen) atoms. The Bertz CT molecular complexity index is 807. The molecule has 0 saturated heterocycles. The second kappa shape index (κ2) is 9.97. The van der Waals surface area contributed by atoms with Crippen LogP contribution in [-0.2, 0) is 9.09 Å². The molecule has 0 unspecified atom stereocenters. The van der Waals surface area contributed by atoms with Gasteiger partial charge in [0.2, 0.25) is 0 Å². The van der Waals surface area contributed by atoms with Crippen molar-refractivity contribution in [1.29, 1.82) is 0 Å². The van der Waals surface area contributed by atoms with Crippen LogP contribution in [0.25, 0.3) is 0 Å². The van der Waals surface area contributed by atoms with Crippen molar-refractivity contribution in [3.05, 3.63) is 48.0 Å². The Balaban J connectivity index is 2.44. The van der Waals surface area contributed by atoms with Gasteiger partial charge in [0.05, 0.1) is 20.8 Å². The summed E-state index contributed by atoms with van der Waals surface area (Å²) in [5.74, 6) is -0.313. The third-order valence-corrected chi connectivity index (χ3v) is 7.06. The van der Waals surface area contributed by atoms with Gasteiger partial charge in [-0.1, -0.05) is 19.4 Å². The number of ether oxygens (including phenoxy) is 2. The fraction of sp³-hybridized carbons (Fsp3) is 0.429. The molecule has 0 bridgehead atoms. The van der Waals surface area contributed by atoms with E-state index in [1.54, 1.807) is 37.4 Å². The Morgan fingerprint density at radius 1 is 1.04 bits per heavy atom. The van der Waals surface area contributed by atoms with Crippen LogP contribution in [0.15, 0.2) is 42.5 Å². The van der Waals surface area contributed by atoms with E-state index in [-0.39, 0.29) is 0 Å². The number of benzene rings is 2. The van der Waals surface area contributed by atoms with E-state index in [0.717, 1.165) is 18.5 Å². The van der Waals surface area contributed by atoms with Gasteiger partial charge < -0.3 is 24.0 Å². The maximum absolute atomic E-state index is 13.9. The predicted octanol–water partition coefficient (Wildman–Crippen LogP) is 4.18. The highest BCUT2D eigenvalue weighted by Gasteiger charge is 2.36. The molecule has 0 fully saturated rings. The molecule has 0 spiro atoms. The Kier molecular flexibility index (Phi) is 7.93. The summed E-state index contributed by atoms with van der Waals surface area (Å²) in [5, 5.41) is 11.5. The molecule has 0 aliphatic heterocycles. The SMILES string of the molecule is CCCCO[P@](=O)(c1ccc(N(C)C)cc1)[C@@H](O)c1ccc(OC)c(OC)c1. The average Bonchev–Trinajstić information content (AvgIpc) is 2.72. The molecule has 1 N–H and O–H groups in total. The summed E-state index contributed by atoms with van der Waals surface area (Å²) in [6, 6.07) is 12.2. The molecule has 0 amide bonds. The zero-order valence-corrected chi connectivity index (χ0v) is 18.1. The fourth-order valence-electron chi connectivity index (χ4n) is 2.80. The maximum atomic E-state index is 13.9. The lowest BCUT2D eigenvalue weighted by Gasteiger charge is -2.25. The number of methoxy groups -OCH3 is 2. The minimum absolute atomic E-state index is 0.313. The van der Waals surface area contributed by atoms with E-state index in [9.17, 15) is 9.67 Å². The van der Waals surface area contributed by atoms with Crippen molar-refractivity contribution < 1.29 is 23.7 Å². The predicted molar refractivity (Wildman–Crippen MR) is 113 cm³/mol. The van der Waals surface area contributed by atoms with E-state index in [1.807, 2.05) is 38.1 Å². The zero-order chi connectivity index (χ0) is 20.7. The first kappa shape index (κ1) is 22.3. The van der Waals surface area contributed by atoms with E-state index in [1.165, 1.54) is 7.11 Å². The zero-order valence-electron chi connectivity index (χ0n) is 17.2. The van der Waals surface area contributed by atoms with Crippen molar-refractivity contribution >= 4 is 18.4 Å². The molecule has 0 saturated carbocycles. The number of hydrogen-bond acceptors (Lipinski definition) is 6. The van der Waals surface area contributed by atoms with Crippen LogP contribution < -0.4 is 19.7 Å². The lowest BCUT2D eigenvalue weighted by molar-refractivity contribution is 0.212. The van der Waals surface area contributed by atoms with Gasteiger partial charge in [0.1, 0.15) is 0 Å². The van der Waals surface area contributed by atoms with Gasteiger partial charge in [0, 0.05) is 25.1 Å². The van der Waals surface area contributed by atoms with Crippen molar-refractivity contribution in [3.63, 3.8) is 0 Å². The second-order valence-electron chi connectivity index (χ2n) is 6.68. The Morgan fingerprint density at radius 3 is 2.21 bits per heavy atom. The van der Waals surface area contributed by atoms with Crippen LogP contribution in [0.3, 0.4) is 0 Å². The lowest BCUT2D eigenvalue weighted by Crippen LogP contribution is -2.16. The van der Waals surface area contributed by atoms with Crippen LogP contribution in [0, 0.1) is 0 Å². The number of unbranched alkanes of at least 4 members (excludes halogenated alkanes) is 1. The Morgan fingerprint density at radius 2 is 1.68 bits per heavy atom. The van der Waals surface area contributed by atoms with Gasteiger partial charge in [-0.05, 0) is 48.4 Å². The summed E-state index contributed by atoms with van der Waals surface area (Å²) in [4.78, 5) is 1.96. The number of nitrogens with zero attached hydrogens (tertiary/aromatic N) is 1. The Hall–Kier alpha value is -2.01. The topological polar surface area (TPSA) is 68.2 Å². The van der Waals surface area contributed by atoms with Gasteiger partial charge >= 0.3 is 0 Å². The number of rotatable bonds is 10. The van der Waals surface area contributed by atoms with Crippen LogP contribution >= 0.6 is 7.37 Å². The van der Waals surface area contributed by atoms with Gasteiger partial charge in [-0.25, -0.2) is 0 Å². The molecular weight excluding hydrogens is 377 g/mol. The molecular formula is C21H30NO5P. The first-order valence-corrected chi connectivity index (χ1v) is 11.0. The first-order valence-electron chi connectivity index (χ1n) is 9.29. The van der Waals surface area contributed by atoms with Crippen molar-refractivity contribution in [2.45, 2.75) is 25.6 Å². The summed E-state index contributed by atoms with van der Waals surface area (Å²) < 4.78 is 30.2. The van der Waals surface area contributed by atoms with E-state index < -0.39 is 13.2 Å². The van der Waals surface area contributed by atoms with Gasteiger partial charge in [-0.2, -0.15) is 0 Å². The van der Waals surface area contributed by atoms with Crippen molar-refractivity contribution in [2.75, 3.05) is 39.8 Å². The smallest absolute Gasteiger partial charge is 0.264 e. The molecule has 7 heteroatoms. The molecule has 0 radical (unpaired) electrons. The summed E-state index contributed by atoms with van der Waals surface area (Å²) >= 11 is 0. The van der Waals surface area contributed by atoms with E-state index in [2.05, 4.69) is 0 Å². The fourth-order valence-corrected chi connectivity index (χ4v) is 4.89. The summed E-state index contributed by atoms with van der Waals surface area (Å²) in [5.41, 5.74) is 1.43. The molecule has 154 valence electrons. The summed E-state index contributed by atoms with van der Waals surface area (Å²) in [7, 11) is 3.35. The van der Waals surface area contributed by atoms with Crippen LogP contribution in [0.4, 0.5) is 5.69 Å². The van der Waals surface area contributed by atoms with Crippen molar-refractivity contribution in [1.82, 2.24) is 0 Å². The molecule has 0 heterocycles. The van der Waals surface area contributed by atoms with Crippen LogP contribution in [0.5, 0.6) is 11.5 Å². The first-order chi connectivity index (χ1) is 13.4. The average molecular weight is 407 g/mol. The number of hydrogen-bond donors (Lipinski definition) is 1. The molecule has 6 nitrogen and oxygen atoms in total. The van der Waals surface area contributed by atoms with E-state index in [4.69, 9.17) is 14.0 Å². The largest absolute Gasteiger partial charge is 0.493 e. The molecule has 2 rings (SSSR count). The number of anilines is 1. The quantitative estimate of drug-likeness (QED) is 0.471. The standard InChI is InChI=1S/C21H30NO5P/c1-6-7-14-27-28(24,18-11-9-17(10-12-18)22(2)3)21(23)16-8-13-19(25-4)20(15-16)26-5/h8-13,15,21,23H,6-7,14H2,1-5H3/t21-,28-/m1/s1. The highest BCUT2D eigenvalue weighted by atomic mass is 31.2. The van der Waals surface area contributed by atoms with Gasteiger partial charge in [-0.3, -0.25) is 4.57 Å². The van der Waals surface area contributed by atoms with Gasteiger partial charge in [-0.15, -0.1) is 0 Å². The van der Waals surface area contributed by atoms with Crippen LogP contribution in [0.1, 0.15) is 31.2 Å². The molecule has 2 atom stereocenters. The van der Waals surface area contributed by atoms with E-state index in [0.29, 0.717) is 29.0 Å². The molecule has 0 aliphatic rings. The van der Waals surface area contributed by atoms with Crippen LogP contribution in [-0.4, -0.2) is 40.0 Å². The number of aliphatic hydroxyl groups is 1. The molecule has 0 aromatic heterocycles. The molecule has 0 aliphatic carbocycles. The van der Waals surface area contributed by atoms with Crippen molar-refractivity contribution in [3.8, 4) is 11.5 Å². The maximum Gasteiger partial charge on any atom is 0.264 e. The Labute approximate surface area is 167 Å². The van der Waals surface area contributed by atoms with Gasteiger partial charge in [0.15, 0.2) is 17.3 Å². The minimum Gasteiger partial charge on any atom is -0.493 e. The number of aliphatic hydroxyl groups excluding tert-OH is 1. The van der Waals surface area contributed by atoms with Gasteiger partial charge in [0.25, 0.3) is 7.37 Å². The second-order valence-corrected chi connectivity index (χ2v) is 9.14. The normalized spacial score (nSPS) is 14.2. The molecule has 2 aromatic rings. The highest BCUT2D eigenvalue weighted by molar-refractivity contribution is 7.67. The molecule has 2 aromatic carbocycles. The van der Waals surface area contributed by atoms with Crippen LogP contribution in [0.2, 0.25) is 0 Å². The highest BCUT2D eigenvalue weighted by Crippen LogP contribution is 2.58. The summed E-state index contributed by atoms with van der Waals surface area (Å²) in [6.07, 6.45) is 1.67.